The predicted molar refractivity (Wildman–Crippen MR) is 328 cm³/mol. The zero-order valence-electron chi connectivity index (χ0n) is 42.4. The van der Waals surface area contributed by atoms with E-state index in [1.165, 1.54) is 43.1 Å². The number of para-hydroxylation sites is 8. The van der Waals surface area contributed by atoms with Crippen LogP contribution in [0.2, 0.25) is 0 Å². The lowest BCUT2D eigenvalue weighted by Gasteiger charge is -2.18. The van der Waals surface area contributed by atoms with Gasteiger partial charge in [-0.1, -0.05) is 176 Å². The predicted octanol–water partition coefficient (Wildman–Crippen LogP) is 19.1. The number of rotatable bonds is 8. The summed E-state index contributed by atoms with van der Waals surface area (Å²) in [6, 6.07) is 97.4. The topological polar surface area (TPSA) is 32.6 Å². The second-order valence-corrected chi connectivity index (χ2v) is 20.4. The lowest BCUT2D eigenvalue weighted by molar-refractivity contribution is 1.13. The third-order valence-electron chi connectivity index (χ3n) is 16.0. The van der Waals surface area contributed by atoms with Crippen LogP contribution in [0.25, 0.3) is 150 Å². The molecule has 11 aromatic carbocycles. The minimum absolute atomic E-state index is 0.858. The summed E-state index contributed by atoms with van der Waals surface area (Å²) in [6.07, 6.45) is 1.92. The van der Waals surface area contributed by atoms with Gasteiger partial charge >= 0.3 is 0 Å². The summed E-state index contributed by atoms with van der Waals surface area (Å²) < 4.78 is 9.71. The van der Waals surface area contributed by atoms with Gasteiger partial charge < -0.3 is 18.3 Å². The molecule has 16 rings (SSSR count). The number of nitrogens with zero attached hydrogens (tertiary/aromatic N) is 5. The Labute approximate surface area is 449 Å². The van der Waals surface area contributed by atoms with Gasteiger partial charge in [0.1, 0.15) is 0 Å². The van der Waals surface area contributed by atoms with Crippen molar-refractivity contribution in [3.63, 3.8) is 0 Å². The Kier molecular flexibility index (Phi) is 9.72. The average Bonchev–Trinajstić information content (AvgIpc) is 4.42. The molecule has 5 aromatic heterocycles. The van der Waals surface area contributed by atoms with Crippen LogP contribution in [0.1, 0.15) is 5.56 Å². The summed E-state index contributed by atoms with van der Waals surface area (Å²) in [5.41, 5.74) is 20.3. The molecule has 5 heteroatoms. The number of fused-ring (bicyclic) bond motifs is 12. The van der Waals surface area contributed by atoms with E-state index in [2.05, 4.69) is 292 Å². The van der Waals surface area contributed by atoms with Gasteiger partial charge in [0.25, 0.3) is 0 Å². The summed E-state index contributed by atoms with van der Waals surface area (Å²) in [7, 11) is 0. The maximum absolute atomic E-state index is 5.87. The fraction of sp³-hybridized carbons (Fsp3) is 0. The quantitative estimate of drug-likeness (QED) is 0.149. The molecule has 0 radical (unpaired) electrons. The van der Waals surface area contributed by atoms with Crippen LogP contribution in [-0.4, -0.2) is 23.3 Å². The van der Waals surface area contributed by atoms with E-state index in [1.807, 2.05) is 6.08 Å². The summed E-state index contributed by atoms with van der Waals surface area (Å²) in [4.78, 5) is 5.87. The maximum Gasteiger partial charge on any atom is 0.0717 e. The van der Waals surface area contributed by atoms with Crippen LogP contribution in [0.15, 0.2) is 273 Å². The Hall–Kier alpha value is -10.5. The van der Waals surface area contributed by atoms with E-state index in [1.54, 1.807) is 0 Å². The fourth-order valence-corrected chi connectivity index (χ4v) is 12.6. The Morgan fingerprint density at radius 1 is 0.244 bits per heavy atom. The second kappa shape index (κ2) is 17.3. The molecule has 0 aliphatic rings. The molecule has 0 amide bonds. The molecule has 0 aliphatic heterocycles. The maximum atomic E-state index is 5.87. The average molecular weight is 994 g/mol. The summed E-state index contributed by atoms with van der Waals surface area (Å²) in [5.74, 6) is 0. The van der Waals surface area contributed by atoms with Crippen LogP contribution in [0.4, 0.5) is 0 Å². The smallest absolute Gasteiger partial charge is 0.0717 e. The highest BCUT2D eigenvalue weighted by atomic mass is 15.0. The molecule has 0 saturated carbocycles. The van der Waals surface area contributed by atoms with E-state index < -0.39 is 0 Å². The third-order valence-corrected chi connectivity index (χ3v) is 16.0. The molecule has 0 atom stereocenters. The summed E-state index contributed by atoms with van der Waals surface area (Å²) in [5, 5.41) is 9.69. The van der Waals surface area contributed by atoms with Crippen molar-refractivity contribution in [2.45, 2.75) is 0 Å². The van der Waals surface area contributed by atoms with Gasteiger partial charge in [0.2, 0.25) is 0 Å². The van der Waals surface area contributed by atoms with Crippen molar-refractivity contribution in [2.75, 3.05) is 0 Å². The van der Waals surface area contributed by atoms with Crippen molar-refractivity contribution in [2.24, 2.45) is 0 Å². The summed E-state index contributed by atoms with van der Waals surface area (Å²) in [6.45, 7) is 4.18. The highest BCUT2D eigenvalue weighted by molar-refractivity contribution is 6.13. The molecule has 0 saturated heterocycles. The molecule has 364 valence electrons. The van der Waals surface area contributed by atoms with Gasteiger partial charge in [-0.2, -0.15) is 0 Å². The van der Waals surface area contributed by atoms with Crippen molar-refractivity contribution >= 4 is 93.3 Å². The number of aromatic nitrogens is 5. The van der Waals surface area contributed by atoms with E-state index >= 15 is 0 Å². The monoisotopic (exact) mass is 993 g/mol. The highest BCUT2D eigenvalue weighted by Crippen LogP contribution is 2.42. The van der Waals surface area contributed by atoms with Crippen molar-refractivity contribution < 1.29 is 0 Å². The lowest BCUT2D eigenvalue weighted by Crippen LogP contribution is -2.02. The Morgan fingerprint density at radius 2 is 0.513 bits per heavy atom. The molecule has 0 N–H and O–H groups in total. The highest BCUT2D eigenvalue weighted by Gasteiger charge is 2.22. The van der Waals surface area contributed by atoms with E-state index in [0.717, 1.165) is 106 Å². The first-order chi connectivity index (χ1) is 38.6. The van der Waals surface area contributed by atoms with E-state index in [4.69, 9.17) is 4.98 Å². The molecular weight excluding hydrogens is 947 g/mol. The Balaban J connectivity index is 1.01. The van der Waals surface area contributed by atoms with Crippen molar-refractivity contribution in [1.82, 2.24) is 23.3 Å². The van der Waals surface area contributed by atoms with Gasteiger partial charge in [-0.15, -0.1) is 0 Å². The first-order valence-electron chi connectivity index (χ1n) is 26.6. The number of hydrogen-bond acceptors (Lipinski definition) is 1. The minimum atomic E-state index is 0.858. The van der Waals surface area contributed by atoms with Gasteiger partial charge in [0.05, 0.1) is 55.5 Å². The van der Waals surface area contributed by atoms with Crippen molar-refractivity contribution in [1.29, 1.82) is 0 Å². The Bertz CT molecular complexity index is 4360. The SMILES string of the molecule is C=Cc1cccc(-c2cc(-c3cc(-n4c5ccccc5c5ccccc54)cc(-n4c5ccccc5c5ccccc54)c3)nc(-c3cc(-n4c5ccccc5c5ccccc54)cc(-n4c5ccccc5c5ccccc54)c3)c2)c1. The molecular formula is C73H47N5. The standard InChI is InChI=1S/C73H47N5/c1-2-47-20-19-21-48(38-47)49-43-64(50-39-52(75-66-30-11-3-22-56(66)57-23-4-12-31-67(57)75)45-53(40-50)76-68-32-13-5-24-58(68)59-25-6-14-33-69(59)76)74-65(44-49)51-41-54(77-70-34-15-7-26-60(70)61-27-8-16-35-71(61)77)46-55(42-51)78-72-36-17-9-28-62(72)63-29-10-18-37-73(63)78/h2-46H,1H2. The zero-order chi connectivity index (χ0) is 51.4. The van der Waals surface area contributed by atoms with Crippen LogP contribution in [0.3, 0.4) is 0 Å². The molecule has 5 nitrogen and oxygen atoms in total. The van der Waals surface area contributed by atoms with Gasteiger partial charge in [-0.25, -0.2) is 4.98 Å². The first kappa shape index (κ1) is 43.9. The van der Waals surface area contributed by atoms with Crippen LogP contribution < -0.4 is 0 Å². The molecule has 78 heavy (non-hydrogen) atoms. The lowest BCUT2D eigenvalue weighted by atomic mass is 9.97. The number of hydrogen-bond donors (Lipinski definition) is 0. The third kappa shape index (κ3) is 6.71. The molecule has 0 unspecified atom stereocenters. The molecule has 5 heterocycles. The number of pyridine rings is 1. The minimum Gasteiger partial charge on any atom is -0.309 e. The van der Waals surface area contributed by atoms with Crippen LogP contribution >= 0.6 is 0 Å². The second-order valence-electron chi connectivity index (χ2n) is 20.4. The first-order valence-corrected chi connectivity index (χ1v) is 26.6. The van der Waals surface area contributed by atoms with E-state index in [-0.39, 0.29) is 0 Å². The van der Waals surface area contributed by atoms with Crippen LogP contribution in [0, 0.1) is 0 Å². The van der Waals surface area contributed by atoms with Gasteiger partial charge in [-0.05, 0) is 120 Å². The van der Waals surface area contributed by atoms with E-state index in [9.17, 15) is 0 Å². The largest absolute Gasteiger partial charge is 0.309 e. The van der Waals surface area contributed by atoms with Crippen LogP contribution in [0.5, 0.6) is 0 Å². The molecule has 0 fully saturated rings. The van der Waals surface area contributed by atoms with Gasteiger partial charge in [0.15, 0.2) is 0 Å². The van der Waals surface area contributed by atoms with Crippen molar-refractivity contribution in [3.8, 4) is 56.4 Å². The zero-order valence-corrected chi connectivity index (χ0v) is 42.4. The molecule has 0 spiro atoms. The summed E-state index contributed by atoms with van der Waals surface area (Å²) >= 11 is 0. The Morgan fingerprint density at radius 3 is 0.782 bits per heavy atom. The molecule has 0 bridgehead atoms. The van der Waals surface area contributed by atoms with Gasteiger partial charge in [0, 0.05) is 77.0 Å². The molecule has 16 aromatic rings. The number of benzene rings is 11. The van der Waals surface area contributed by atoms with E-state index in [0.29, 0.717) is 0 Å². The normalized spacial score (nSPS) is 11.9. The fourth-order valence-electron chi connectivity index (χ4n) is 12.6. The molecule has 0 aliphatic carbocycles. The van der Waals surface area contributed by atoms with Crippen molar-refractivity contribution in [3.05, 3.63) is 279 Å². The van der Waals surface area contributed by atoms with Crippen LogP contribution in [-0.2, 0) is 0 Å². The van der Waals surface area contributed by atoms with Gasteiger partial charge in [-0.3, -0.25) is 0 Å².